The van der Waals surface area contributed by atoms with Gasteiger partial charge in [-0.1, -0.05) is 0 Å². The van der Waals surface area contributed by atoms with E-state index in [2.05, 4.69) is 19.9 Å². The molecule has 0 unspecified atom stereocenters. The van der Waals surface area contributed by atoms with Crippen LogP contribution >= 0.6 is 0 Å². The van der Waals surface area contributed by atoms with Crippen molar-refractivity contribution in [2.75, 3.05) is 36.0 Å². The van der Waals surface area contributed by atoms with Crippen LogP contribution in [0.25, 0.3) is 0 Å². The third kappa shape index (κ3) is 3.60. The number of hydrogen-bond acceptors (Lipinski definition) is 7. The smallest absolute Gasteiger partial charge is 0.268 e. The Morgan fingerprint density at radius 1 is 1.29 bits per heavy atom. The molecule has 8 nitrogen and oxygen atoms in total. The van der Waals surface area contributed by atoms with Crippen LogP contribution in [-0.2, 0) is 0 Å². The molecule has 126 valence electrons. The molecule has 0 aromatic carbocycles. The normalized spacial score (nSPS) is 18.3. The Hall–Kier alpha value is -2.74. The zero-order chi connectivity index (χ0) is 17.1. The van der Waals surface area contributed by atoms with Crippen LogP contribution in [-0.4, -0.2) is 58.2 Å². The summed E-state index contributed by atoms with van der Waals surface area (Å²) in [5.41, 5.74) is 7.34. The number of aromatic nitrogens is 3. The fourth-order valence-electron chi connectivity index (χ4n) is 2.79. The fraction of sp³-hybridized carbons (Fsp3) is 0.375. The molecule has 2 aromatic heterocycles. The number of anilines is 2. The minimum absolute atomic E-state index is 0.118. The molecule has 1 aliphatic rings. The van der Waals surface area contributed by atoms with Crippen LogP contribution in [0.3, 0.4) is 0 Å². The summed E-state index contributed by atoms with van der Waals surface area (Å²) in [6, 6.07) is 3.93. The molecule has 0 radical (unpaired) electrons. The van der Waals surface area contributed by atoms with Crippen LogP contribution in [0.4, 0.5) is 11.5 Å². The second-order valence-electron chi connectivity index (χ2n) is 5.83. The minimum atomic E-state index is -0.617. The summed E-state index contributed by atoms with van der Waals surface area (Å²) in [4.78, 5) is 27.8. The van der Waals surface area contributed by atoms with Crippen molar-refractivity contribution in [3.05, 3.63) is 42.1 Å². The summed E-state index contributed by atoms with van der Waals surface area (Å²) in [5, 5.41) is 10.4. The number of rotatable bonds is 3. The molecular formula is C16H20N6O2. The lowest BCUT2D eigenvalue weighted by Gasteiger charge is -2.24. The summed E-state index contributed by atoms with van der Waals surface area (Å²) in [7, 11) is 0. The lowest BCUT2D eigenvalue weighted by atomic mass is 10.2. The van der Waals surface area contributed by atoms with Gasteiger partial charge in [-0.2, -0.15) is 0 Å². The molecule has 24 heavy (non-hydrogen) atoms. The molecule has 0 saturated carbocycles. The summed E-state index contributed by atoms with van der Waals surface area (Å²) < 4.78 is 0. The standard InChI is InChI=1S/C16H20N6O2/c1-11-6-12(2-3-19-11)21-4-5-22(10-13(23)9-21)15-8-18-7-14(20-15)16(17)24/h2-3,6-8,13,23H,4-5,9-10H2,1H3,(H2,17,24)/t13-/m1/s1. The predicted molar refractivity (Wildman–Crippen MR) is 90.0 cm³/mol. The van der Waals surface area contributed by atoms with E-state index < -0.39 is 12.0 Å². The highest BCUT2D eigenvalue weighted by Crippen LogP contribution is 2.19. The van der Waals surface area contributed by atoms with E-state index in [9.17, 15) is 9.90 Å². The average Bonchev–Trinajstić information content (AvgIpc) is 2.77. The van der Waals surface area contributed by atoms with Gasteiger partial charge in [0.25, 0.3) is 5.91 Å². The van der Waals surface area contributed by atoms with Gasteiger partial charge in [-0.15, -0.1) is 0 Å². The van der Waals surface area contributed by atoms with Gasteiger partial charge in [0.05, 0.1) is 18.5 Å². The molecule has 0 bridgehead atoms. The minimum Gasteiger partial charge on any atom is -0.389 e. The van der Waals surface area contributed by atoms with Gasteiger partial charge in [-0.05, 0) is 19.1 Å². The first-order valence-electron chi connectivity index (χ1n) is 7.75. The Bertz CT molecular complexity index is 738. The predicted octanol–water partition coefficient (Wildman–Crippen LogP) is -0.0336. The topological polar surface area (TPSA) is 108 Å². The summed E-state index contributed by atoms with van der Waals surface area (Å²) >= 11 is 0. The van der Waals surface area contributed by atoms with Crippen molar-refractivity contribution in [2.24, 2.45) is 5.73 Å². The van der Waals surface area contributed by atoms with Crippen LogP contribution in [0.2, 0.25) is 0 Å². The van der Waals surface area contributed by atoms with E-state index in [0.717, 1.165) is 11.4 Å². The summed E-state index contributed by atoms with van der Waals surface area (Å²) in [6.45, 7) is 4.23. The molecule has 3 N–H and O–H groups in total. The molecule has 3 rings (SSSR count). The van der Waals surface area contributed by atoms with Gasteiger partial charge in [0.2, 0.25) is 0 Å². The van der Waals surface area contributed by atoms with Crippen molar-refractivity contribution in [3.63, 3.8) is 0 Å². The third-order valence-corrected chi connectivity index (χ3v) is 3.95. The first-order chi connectivity index (χ1) is 11.5. The maximum Gasteiger partial charge on any atom is 0.268 e. The number of nitrogens with zero attached hydrogens (tertiary/aromatic N) is 5. The van der Waals surface area contributed by atoms with Crippen molar-refractivity contribution < 1.29 is 9.90 Å². The molecule has 1 atom stereocenters. The van der Waals surface area contributed by atoms with Gasteiger partial charge in [-0.25, -0.2) is 4.98 Å². The summed E-state index contributed by atoms with van der Waals surface area (Å²) in [6.07, 6.45) is 4.12. The van der Waals surface area contributed by atoms with E-state index in [1.807, 2.05) is 24.0 Å². The van der Waals surface area contributed by atoms with Crippen molar-refractivity contribution in [1.82, 2.24) is 15.0 Å². The van der Waals surface area contributed by atoms with Crippen LogP contribution in [0.1, 0.15) is 16.2 Å². The fourth-order valence-corrected chi connectivity index (χ4v) is 2.79. The molecule has 0 spiro atoms. The van der Waals surface area contributed by atoms with Crippen molar-refractivity contribution in [1.29, 1.82) is 0 Å². The number of nitrogens with two attached hydrogens (primary N) is 1. The van der Waals surface area contributed by atoms with Crippen molar-refractivity contribution in [3.8, 4) is 0 Å². The molecule has 1 amide bonds. The number of primary amides is 1. The lowest BCUT2D eigenvalue weighted by molar-refractivity contribution is 0.0995. The first kappa shape index (κ1) is 16.1. The molecule has 3 heterocycles. The Kier molecular flexibility index (Phi) is 4.57. The van der Waals surface area contributed by atoms with E-state index in [1.165, 1.54) is 6.20 Å². The maximum absolute atomic E-state index is 11.3. The highest BCUT2D eigenvalue weighted by molar-refractivity contribution is 5.90. The van der Waals surface area contributed by atoms with Gasteiger partial charge >= 0.3 is 0 Å². The van der Waals surface area contributed by atoms with Gasteiger partial charge in [-0.3, -0.25) is 14.8 Å². The van der Waals surface area contributed by atoms with Crippen LogP contribution in [0.5, 0.6) is 0 Å². The molecule has 0 aliphatic carbocycles. The van der Waals surface area contributed by atoms with Crippen LogP contribution in [0.15, 0.2) is 30.7 Å². The second kappa shape index (κ2) is 6.79. The number of aryl methyl sites for hydroxylation is 1. The molecule has 1 fully saturated rings. The van der Waals surface area contributed by atoms with Crippen LogP contribution < -0.4 is 15.5 Å². The number of aliphatic hydroxyl groups excluding tert-OH is 1. The van der Waals surface area contributed by atoms with Gasteiger partial charge in [0, 0.05) is 43.8 Å². The maximum atomic E-state index is 11.3. The van der Waals surface area contributed by atoms with Crippen LogP contribution in [0, 0.1) is 6.92 Å². The van der Waals surface area contributed by atoms with E-state index in [1.54, 1.807) is 12.4 Å². The molecule has 2 aromatic rings. The molecule has 1 aliphatic heterocycles. The van der Waals surface area contributed by atoms with E-state index in [4.69, 9.17) is 5.73 Å². The van der Waals surface area contributed by atoms with E-state index >= 15 is 0 Å². The number of carbonyl (C=O) groups is 1. The zero-order valence-electron chi connectivity index (χ0n) is 13.5. The Labute approximate surface area is 140 Å². The average molecular weight is 328 g/mol. The van der Waals surface area contributed by atoms with Crippen molar-refractivity contribution in [2.45, 2.75) is 13.0 Å². The first-order valence-corrected chi connectivity index (χ1v) is 7.75. The number of amides is 1. The Morgan fingerprint density at radius 2 is 2.04 bits per heavy atom. The molecule has 1 saturated heterocycles. The lowest BCUT2D eigenvalue weighted by Crippen LogP contribution is -2.34. The Morgan fingerprint density at radius 3 is 2.79 bits per heavy atom. The number of β-amino-alcohol motifs (C(OH)–C–C–N with tert-alkyl or cyclic N) is 1. The molecular weight excluding hydrogens is 308 g/mol. The quantitative estimate of drug-likeness (QED) is 0.814. The number of pyridine rings is 1. The summed E-state index contributed by atoms with van der Waals surface area (Å²) in [5.74, 6) is -0.0771. The van der Waals surface area contributed by atoms with Crippen molar-refractivity contribution >= 4 is 17.4 Å². The second-order valence-corrected chi connectivity index (χ2v) is 5.83. The number of carbonyl (C=O) groups excluding carboxylic acids is 1. The monoisotopic (exact) mass is 328 g/mol. The third-order valence-electron chi connectivity index (χ3n) is 3.95. The zero-order valence-corrected chi connectivity index (χ0v) is 13.5. The van der Waals surface area contributed by atoms with Gasteiger partial charge in [0.1, 0.15) is 11.5 Å². The van der Waals surface area contributed by atoms with E-state index in [-0.39, 0.29) is 5.69 Å². The largest absolute Gasteiger partial charge is 0.389 e. The number of hydrogen-bond donors (Lipinski definition) is 2. The number of aliphatic hydroxyl groups is 1. The van der Waals surface area contributed by atoms with Gasteiger partial charge < -0.3 is 20.6 Å². The van der Waals surface area contributed by atoms with E-state index in [0.29, 0.717) is 32.0 Å². The Balaban J connectivity index is 1.79. The SMILES string of the molecule is Cc1cc(N2CCN(c3cncc(C(N)=O)n3)C[C@H](O)C2)ccn1. The highest BCUT2D eigenvalue weighted by atomic mass is 16.3. The highest BCUT2D eigenvalue weighted by Gasteiger charge is 2.23. The molecule has 8 heteroatoms. The van der Waals surface area contributed by atoms with Gasteiger partial charge in [0.15, 0.2) is 0 Å².